The van der Waals surface area contributed by atoms with Crippen molar-refractivity contribution in [1.82, 2.24) is 20.4 Å². The number of carbonyl (C=O) groups is 1. The fraction of sp³-hybridized carbons (Fsp3) is 0.412. The number of aromatic nitrogens is 2. The third-order valence-corrected chi connectivity index (χ3v) is 4.53. The van der Waals surface area contributed by atoms with Gasteiger partial charge in [0, 0.05) is 36.5 Å². The van der Waals surface area contributed by atoms with Gasteiger partial charge in [0.05, 0.1) is 6.04 Å². The summed E-state index contributed by atoms with van der Waals surface area (Å²) in [4.78, 5) is 14.1. The molecule has 1 aromatic carbocycles. The molecule has 2 aromatic rings. The summed E-state index contributed by atoms with van der Waals surface area (Å²) < 4.78 is 27.1. The second-order valence-electron chi connectivity index (χ2n) is 6.09. The van der Waals surface area contributed by atoms with Crippen molar-refractivity contribution in [2.45, 2.75) is 31.7 Å². The highest BCUT2D eigenvalue weighted by Gasteiger charge is 2.26. The monoisotopic (exact) mass is 334 g/mol. The minimum Gasteiger partial charge on any atom is -0.331 e. The highest BCUT2D eigenvalue weighted by molar-refractivity contribution is 5.74. The topological polar surface area (TPSA) is 61.0 Å². The van der Waals surface area contributed by atoms with Crippen molar-refractivity contribution in [2.24, 2.45) is 0 Å². The van der Waals surface area contributed by atoms with Crippen LogP contribution in [0.1, 0.15) is 43.0 Å². The van der Waals surface area contributed by atoms with Crippen LogP contribution in [-0.4, -0.2) is 34.2 Å². The molecule has 2 amide bonds. The molecule has 2 N–H and O–H groups in total. The van der Waals surface area contributed by atoms with Crippen molar-refractivity contribution in [2.75, 3.05) is 13.1 Å². The highest BCUT2D eigenvalue weighted by Crippen LogP contribution is 2.26. The van der Waals surface area contributed by atoms with E-state index in [9.17, 15) is 13.6 Å². The number of likely N-dealkylation sites (tertiary alicyclic amines) is 1. The van der Waals surface area contributed by atoms with E-state index in [0.717, 1.165) is 24.6 Å². The Morgan fingerprint density at radius 1 is 1.33 bits per heavy atom. The summed E-state index contributed by atoms with van der Waals surface area (Å²) >= 11 is 0. The summed E-state index contributed by atoms with van der Waals surface area (Å²) in [6.45, 7) is 2.88. The van der Waals surface area contributed by atoms with Crippen LogP contribution in [0.3, 0.4) is 0 Å². The Balaban J connectivity index is 1.57. The van der Waals surface area contributed by atoms with Crippen LogP contribution in [0.15, 0.2) is 30.5 Å². The molecule has 3 rings (SSSR count). The molecule has 0 bridgehead atoms. The van der Waals surface area contributed by atoms with Crippen molar-refractivity contribution in [1.29, 1.82) is 0 Å². The molecule has 1 aliphatic rings. The minimum absolute atomic E-state index is 0.149. The van der Waals surface area contributed by atoms with Gasteiger partial charge in [0.25, 0.3) is 0 Å². The lowest BCUT2D eigenvalue weighted by Gasteiger charge is -2.32. The Labute approximate surface area is 139 Å². The molecule has 1 aliphatic heterocycles. The van der Waals surface area contributed by atoms with Crippen LogP contribution >= 0.6 is 0 Å². The predicted molar refractivity (Wildman–Crippen MR) is 85.4 cm³/mol. The first-order valence-corrected chi connectivity index (χ1v) is 8.05. The first kappa shape index (κ1) is 16.4. The number of carbonyl (C=O) groups excluding carboxylic acids is 1. The van der Waals surface area contributed by atoms with Gasteiger partial charge in [0.2, 0.25) is 0 Å². The normalized spacial score (nSPS) is 16.9. The second-order valence-corrected chi connectivity index (χ2v) is 6.09. The van der Waals surface area contributed by atoms with Crippen LogP contribution in [0.25, 0.3) is 0 Å². The Hall–Kier alpha value is -2.44. The molecule has 1 fully saturated rings. The quantitative estimate of drug-likeness (QED) is 0.904. The van der Waals surface area contributed by atoms with E-state index in [0.29, 0.717) is 19.0 Å². The highest BCUT2D eigenvalue weighted by atomic mass is 19.2. The molecule has 24 heavy (non-hydrogen) atoms. The largest absolute Gasteiger partial charge is 0.331 e. The smallest absolute Gasteiger partial charge is 0.317 e. The number of urea groups is 1. The van der Waals surface area contributed by atoms with Gasteiger partial charge in [-0.2, -0.15) is 5.10 Å². The maximum atomic E-state index is 13.8. The van der Waals surface area contributed by atoms with E-state index in [4.69, 9.17) is 0 Å². The Morgan fingerprint density at radius 3 is 2.75 bits per heavy atom. The van der Waals surface area contributed by atoms with Crippen LogP contribution in [0.4, 0.5) is 13.6 Å². The minimum atomic E-state index is -0.914. The number of nitrogens with one attached hydrogen (secondary N) is 2. The number of aromatic amines is 1. The van der Waals surface area contributed by atoms with E-state index in [1.807, 2.05) is 6.07 Å². The lowest BCUT2D eigenvalue weighted by atomic mass is 9.94. The van der Waals surface area contributed by atoms with Crippen LogP contribution in [0.5, 0.6) is 0 Å². The van der Waals surface area contributed by atoms with E-state index in [2.05, 4.69) is 15.5 Å². The summed E-state index contributed by atoms with van der Waals surface area (Å²) in [5, 5.41) is 9.67. The summed E-state index contributed by atoms with van der Waals surface area (Å²) in [7, 11) is 0. The van der Waals surface area contributed by atoms with Crippen molar-refractivity contribution in [3.8, 4) is 0 Å². The van der Waals surface area contributed by atoms with Crippen molar-refractivity contribution in [3.63, 3.8) is 0 Å². The third kappa shape index (κ3) is 3.39. The molecule has 1 saturated heterocycles. The van der Waals surface area contributed by atoms with Crippen molar-refractivity contribution < 1.29 is 13.6 Å². The summed E-state index contributed by atoms with van der Waals surface area (Å²) in [5.41, 5.74) is 1.24. The van der Waals surface area contributed by atoms with Gasteiger partial charge in [-0.05, 0) is 31.9 Å². The number of nitrogens with zero attached hydrogens (tertiary/aromatic N) is 2. The van der Waals surface area contributed by atoms with E-state index < -0.39 is 17.7 Å². The first-order chi connectivity index (χ1) is 11.6. The van der Waals surface area contributed by atoms with Gasteiger partial charge in [-0.3, -0.25) is 5.10 Å². The Bertz CT molecular complexity index is 697. The zero-order valence-electron chi connectivity index (χ0n) is 13.4. The van der Waals surface area contributed by atoms with Crippen molar-refractivity contribution >= 4 is 6.03 Å². The van der Waals surface area contributed by atoms with Crippen molar-refractivity contribution in [3.05, 3.63) is 53.4 Å². The number of hydrogen-bond acceptors (Lipinski definition) is 2. The molecule has 0 spiro atoms. The number of halogens is 2. The van der Waals surface area contributed by atoms with E-state index in [-0.39, 0.29) is 11.6 Å². The zero-order valence-corrected chi connectivity index (χ0v) is 13.4. The average Bonchev–Trinajstić information content (AvgIpc) is 3.12. The van der Waals surface area contributed by atoms with Gasteiger partial charge in [-0.1, -0.05) is 12.1 Å². The fourth-order valence-corrected chi connectivity index (χ4v) is 3.10. The van der Waals surface area contributed by atoms with Crippen LogP contribution < -0.4 is 5.32 Å². The van der Waals surface area contributed by atoms with Gasteiger partial charge in [-0.25, -0.2) is 13.6 Å². The number of benzene rings is 1. The summed E-state index contributed by atoms with van der Waals surface area (Å²) in [6.07, 6.45) is 3.42. The number of piperidine rings is 1. The lowest BCUT2D eigenvalue weighted by molar-refractivity contribution is 0.177. The maximum absolute atomic E-state index is 13.8. The number of rotatable bonds is 3. The molecule has 1 aromatic heterocycles. The molecule has 7 heteroatoms. The van der Waals surface area contributed by atoms with Gasteiger partial charge in [0.1, 0.15) is 0 Å². The van der Waals surface area contributed by atoms with Crippen LogP contribution in [-0.2, 0) is 0 Å². The number of hydrogen-bond donors (Lipinski definition) is 2. The van der Waals surface area contributed by atoms with Gasteiger partial charge >= 0.3 is 6.03 Å². The number of H-pyrrole nitrogens is 1. The summed E-state index contributed by atoms with van der Waals surface area (Å²) in [5.74, 6) is -1.45. The molecular formula is C17H20F2N4O. The Kier molecular flexibility index (Phi) is 4.78. The average molecular weight is 334 g/mol. The van der Waals surface area contributed by atoms with Gasteiger partial charge in [-0.15, -0.1) is 0 Å². The predicted octanol–water partition coefficient (Wildman–Crippen LogP) is 3.34. The maximum Gasteiger partial charge on any atom is 0.317 e. The zero-order chi connectivity index (χ0) is 17.1. The SMILES string of the molecule is CC(NC(=O)N1CCC(c2ccn[nH]2)CC1)c1cccc(F)c1F. The first-order valence-electron chi connectivity index (χ1n) is 8.05. The molecule has 1 atom stereocenters. The molecule has 5 nitrogen and oxygen atoms in total. The van der Waals surface area contributed by atoms with Gasteiger partial charge < -0.3 is 10.2 Å². The van der Waals surface area contributed by atoms with E-state index in [1.54, 1.807) is 18.0 Å². The lowest BCUT2D eigenvalue weighted by Crippen LogP contribution is -2.45. The number of amides is 2. The second kappa shape index (κ2) is 6.98. The van der Waals surface area contributed by atoms with Gasteiger partial charge in [0.15, 0.2) is 11.6 Å². The van der Waals surface area contributed by atoms with E-state index in [1.165, 1.54) is 12.1 Å². The third-order valence-electron chi connectivity index (χ3n) is 4.53. The standard InChI is InChI=1S/C17H20F2N4O/c1-11(13-3-2-4-14(18)16(13)19)21-17(24)23-9-6-12(7-10-23)15-5-8-20-22-15/h2-5,8,11-12H,6-7,9-10H2,1H3,(H,20,22)(H,21,24). The molecule has 0 saturated carbocycles. The molecule has 128 valence electrons. The van der Waals surface area contributed by atoms with Crippen LogP contribution in [0.2, 0.25) is 0 Å². The molecule has 1 unspecified atom stereocenters. The molecule has 2 heterocycles. The fourth-order valence-electron chi connectivity index (χ4n) is 3.10. The molecule has 0 aliphatic carbocycles. The molecular weight excluding hydrogens is 314 g/mol. The molecule has 0 radical (unpaired) electrons. The summed E-state index contributed by atoms with van der Waals surface area (Å²) in [6, 6.07) is 5.08. The van der Waals surface area contributed by atoms with Crippen LogP contribution in [0, 0.1) is 11.6 Å². The Morgan fingerprint density at radius 2 is 2.08 bits per heavy atom. The van der Waals surface area contributed by atoms with E-state index >= 15 is 0 Å².